The van der Waals surface area contributed by atoms with E-state index in [1.54, 1.807) is 6.92 Å². The average Bonchev–Trinajstić information content (AvgIpc) is 2.15. The van der Waals surface area contributed by atoms with E-state index in [4.69, 9.17) is 0 Å². The van der Waals surface area contributed by atoms with Crippen LogP contribution in [0.3, 0.4) is 0 Å². The molecule has 0 unspecified atom stereocenters. The zero-order chi connectivity index (χ0) is 11.8. The van der Waals surface area contributed by atoms with Crippen LogP contribution in [-0.2, 0) is 4.79 Å². The molecule has 1 saturated heterocycles. The fraction of sp³-hybridized carbons (Fsp3) is 0.929. The number of amides is 1. The third kappa shape index (κ3) is 2.41. The summed E-state index contributed by atoms with van der Waals surface area (Å²) in [6, 6.07) is 0. The van der Waals surface area contributed by atoms with Gasteiger partial charge in [0, 0.05) is 20.0 Å². The Bertz CT molecular complexity index is 256. The molecule has 1 aliphatic heterocycles. The molecular formula is C14H25NO. The third-order valence-electron chi connectivity index (χ3n) is 4.52. The minimum Gasteiger partial charge on any atom is -0.343 e. The molecule has 1 aliphatic carbocycles. The first-order valence-electron chi connectivity index (χ1n) is 6.76. The largest absolute Gasteiger partial charge is 0.343 e. The number of likely N-dealkylation sites (tertiary alicyclic amines) is 1. The molecule has 2 aliphatic rings. The predicted octanol–water partition coefficient (Wildman–Crippen LogP) is 3.07. The molecule has 0 aromatic rings. The minimum atomic E-state index is 0.257. The Morgan fingerprint density at radius 2 is 1.88 bits per heavy atom. The summed E-state index contributed by atoms with van der Waals surface area (Å²) in [6.45, 7) is 8.35. The number of rotatable bonds is 2. The molecule has 0 N–H and O–H groups in total. The Hall–Kier alpha value is -0.530. The monoisotopic (exact) mass is 223 g/mol. The summed E-state index contributed by atoms with van der Waals surface area (Å²) in [5.74, 6) is 2.08. The maximum absolute atomic E-state index is 11.3. The van der Waals surface area contributed by atoms with Crippen molar-refractivity contribution in [2.24, 2.45) is 17.3 Å². The van der Waals surface area contributed by atoms with Crippen molar-refractivity contribution < 1.29 is 4.79 Å². The summed E-state index contributed by atoms with van der Waals surface area (Å²) in [6.07, 6.45) is 6.76. The zero-order valence-electron chi connectivity index (χ0n) is 11.0. The standard InChI is InChI=1S/C14H25NO/c1-11(2)8-13-9-14(10-13)4-6-15(7-5-14)12(3)16/h11,13H,4-10H2,1-3H3. The first-order valence-corrected chi connectivity index (χ1v) is 6.76. The molecule has 1 saturated carbocycles. The zero-order valence-corrected chi connectivity index (χ0v) is 11.0. The van der Waals surface area contributed by atoms with E-state index in [1.807, 2.05) is 4.90 Å². The first kappa shape index (κ1) is 11.9. The summed E-state index contributed by atoms with van der Waals surface area (Å²) in [5.41, 5.74) is 0.630. The summed E-state index contributed by atoms with van der Waals surface area (Å²) in [5, 5.41) is 0. The van der Waals surface area contributed by atoms with Crippen LogP contribution in [0, 0.1) is 17.3 Å². The van der Waals surface area contributed by atoms with E-state index in [0.29, 0.717) is 5.41 Å². The number of hydrogen-bond donors (Lipinski definition) is 0. The molecule has 1 amide bonds. The summed E-state index contributed by atoms with van der Waals surface area (Å²) >= 11 is 0. The number of nitrogens with zero attached hydrogens (tertiary/aromatic N) is 1. The van der Waals surface area contributed by atoms with Gasteiger partial charge >= 0.3 is 0 Å². The molecule has 2 rings (SSSR count). The molecule has 0 bridgehead atoms. The minimum absolute atomic E-state index is 0.257. The smallest absolute Gasteiger partial charge is 0.219 e. The molecule has 92 valence electrons. The van der Waals surface area contributed by atoms with Crippen molar-refractivity contribution in [3.05, 3.63) is 0 Å². The van der Waals surface area contributed by atoms with Crippen LogP contribution in [0.4, 0.5) is 0 Å². The van der Waals surface area contributed by atoms with Gasteiger partial charge in [-0.05, 0) is 49.4 Å². The van der Waals surface area contributed by atoms with Crippen LogP contribution in [0.2, 0.25) is 0 Å². The van der Waals surface area contributed by atoms with Crippen LogP contribution in [0.1, 0.15) is 52.9 Å². The van der Waals surface area contributed by atoms with Crippen molar-refractivity contribution >= 4 is 5.91 Å². The van der Waals surface area contributed by atoms with Gasteiger partial charge in [-0.1, -0.05) is 13.8 Å². The maximum Gasteiger partial charge on any atom is 0.219 e. The predicted molar refractivity (Wildman–Crippen MR) is 66.1 cm³/mol. The summed E-state index contributed by atoms with van der Waals surface area (Å²) in [7, 11) is 0. The lowest BCUT2D eigenvalue weighted by atomic mass is 9.56. The lowest BCUT2D eigenvalue weighted by Crippen LogP contribution is -2.48. The van der Waals surface area contributed by atoms with Crippen LogP contribution in [0.15, 0.2) is 0 Å². The SMILES string of the molecule is CC(=O)N1CCC2(CC1)CC(CC(C)C)C2. The highest BCUT2D eigenvalue weighted by Crippen LogP contribution is 2.54. The van der Waals surface area contributed by atoms with E-state index in [9.17, 15) is 4.79 Å². The molecule has 2 nitrogen and oxygen atoms in total. The normalized spacial score (nSPS) is 24.9. The topological polar surface area (TPSA) is 20.3 Å². The van der Waals surface area contributed by atoms with Crippen LogP contribution in [0.5, 0.6) is 0 Å². The Morgan fingerprint density at radius 3 is 2.31 bits per heavy atom. The van der Waals surface area contributed by atoms with Gasteiger partial charge in [-0.25, -0.2) is 0 Å². The maximum atomic E-state index is 11.3. The molecule has 1 heterocycles. The highest BCUT2D eigenvalue weighted by atomic mass is 16.2. The van der Waals surface area contributed by atoms with Gasteiger partial charge in [-0.15, -0.1) is 0 Å². The Balaban J connectivity index is 1.76. The molecule has 1 spiro atoms. The lowest BCUT2D eigenvalue weighted by Gasteiger charge is -2.52. The van der Waals surface area contributed by atoms with Gasteiger partial charge in [0.05, 0.1) is 0 Å². The van der Waals surface area contributed by atoms with Crippen molar-refractivity contribution in [3.8, 4) is 0 Å². The Kier molecular flexibility index (Phi) is 3.27. The average molecular weight is 223 g/mol. The van der Waals surface area contributed by atoms with Gasteiger partial charge in [0.15, 0.2) is 0 Å². The highest BCUT2D eigenvalue weighted by molar-refractivity contribution is 5.73. The van der Waals surface area contributed by atoms with Crippen LogP contribution in [0.25, 0.3) is 0 Å². The van der Waals surface area contributed by atoms with Crippen molar-refractivity contribution in [1.29, 1.82) is 0 Å². The van der Waals surface area contributed by atoms with Gasteiger partial charge in [0.1, 0.15) is 0 Å². The van der Waals surface area contributed by atoms with E-state index in [2.05, 4.69) is 13.8 Å². The lowest BCUT2D eigenvalue weighted by molar-refractivity contribution is -0.133. The van der Waals surface area contributed by atoms with E-state index >= 15 is 0 Å². The summed E-state index contributed by atoms with van der Waals surface area (Å²) < 4.78 is 0. The molecule has 0 aromatic carbocycles. The fourth-order valence-corrected chi connectivity index (χ4v) is 3.70. The van der Waals surface area contributed by atoms with E-state index in [-0.39, 0.29) is 5.91 Å². The van der Waals surface area contributed by atoms with Crippen molar-refractivity contribution in [2.45, 2.75) is 52.9 Å². The van der Waals surface area contributed by atoms with Gasteiger partial charge in [-0.3, -0.25) is 4.79 Å². The van der Waals surface area contributed by atoms with E-state index < -0.39 is 0 Å². The molecule has 2 fully saturated rings. The number of carbonyl (C=O) groups is 1. The number of piperidine rings is 1. The van der Waals surface area contributed by atoms with Gasteiger partial charge in [-0.2, -0.15) is 0 Å². The number of carbonyl (C=O) groups excluding carboxylic acids is 1. The van der Waals surface area contributed by atoms with Crippen molar-refractivity contribution in [2.75, 3.05) is 13.1 Å². The highest BCUT2D eigenvalue weighted by Gasteiger charge is 2.45. The van der Waals surface area contributed by atoms with E-state index in [1.165, 1.54) is 32.1 Å². The molecule has 0 aromatic heterocycles. The quantitative estimate of drug-likeness (QED) is 0.704. The molecule has 2 heteroatoms. The van der Waals surface area contributed by atoms with Gasteiger partial charge < -0.3 is 4.90 Å². The molecule has 16 heavy (non-hydrogen) atoms. The van der Waals surface area contributed by atoms with E-state index in [0.717, 1.165) is 24.9 Å². The van der Waals surface area contributed by atoms with Crippen LogP contribution in [-0.4, -0.2) is 23.9 Å². The summed E-state index contributed by atoms with van der Waals surface area (Å²) in [4.78, 5) is 13.3. The first-order chi connectivity index (χ1) is 7.51. The molecule has 0 atom stereocenters. The number of hydrogen-bond acceptors (Lipinski definition) is 1. The fourth-order valence-electron chi connectivity index (χ4n) is 3.70. The van der Waals surface area contributed by atoms with Crippen molar-refractivity contribution in [1.82, 2.24) is 4.90 Å². The second kappa shape index (κ2) is 4.38. The second-order valence-corrected chi connectivity index (χ2v) is 6.41. The van der Waals surface area contributed by atoms with Gasteiger partial charge in [0.25, 0.3) is 0 Å². The van der Waals surface area contributed by atoms with Crippen LogP contribution < -0.4 is 0 Å². The molecular weight excluding hydrogens is 198 g/mol. The third-order valence-corrected chi connectivity index (χ3v) is 4.52. The Labute approximate surface area is 99.4 Å². The Morgan fingerprint density at radius 1 is 1.31 bits per heavy atom. The second-order valence-electron chi connectivity index (χ2n) is 6.41. The van der Waals surface area contributed by atoms with Gasteiger partial charge in [0.2, 0.25) is 5.91 Å². The molecule has 0 radical (unpaired) electrons. The van der Waals surface area contributed by atoms with Crippen molar-refractivity contribution in [3.63, 3.8) is 0 Å². The van der Waals surface area contributed by atoms with Crippen LogP contribution >= 0.6 is 0 Å².